The van der Waals surface area contributed by atoms with Crippen molar-refractivity contribution in [1.82, 2.24) is 15.1 Å². The maximum absolute atomic E-state index is 13.4. The van der Waals surface area contributed by atoms with Crippen LogP contribution in [0.15, 0.2) is 30.6 Å². The maximum Gasteiger partial charge on any atom is 0.319 e. The lowest BCUT2D eigenvalue weighted by molar-refractivity contribution is -0.118. The molecule has 0 unspecified atom stereocenters. The van der Waals surface area contributed by atoms with Crippen LogP contribution in [-0.4, -0.2) is 28.8 Å². The first-order chi connectivity index (χ1) is 11.4. The normalized spacial score (nSPS) is 11.6. The van der Waals surface area contributed by atoms with Crippen molar-refractivity contribution in [3.63, 3.8) is 0 Å². The third-order valence-electron chi connectivity index (χ3n) is 3.21. The van der Waals surface area contributed by atoms with Crippen molar-refractivity contribution in [2.75, 3.05) is 12.4 Å². The molecule has 3 amide bonds. The van der Waals surface area contributed by atoms with Crippen LogP contribution in [-0.2, 0) is 11.3 Å². The summed E-state index contributed by atoms with van der Waals surface area (Å²) < 4.78 is 19.9. The molecule has 0 saturated carbocycles. The molecule has 128 valence electrons. The zero-order valence-electron chi connectivity index (χ0n) is 13.2. The van der Waals surface area contributed by atoms with Gasteiger partial charge >= 0.3 is 6.03 Å². The second-order valence-electron chi connectivity index (χ2n) is 5.10. The molecule has 9 heteroatoms. The van der Waals surface area contributed by atoms with Gasteiger partial charge in [0.2, 0.25) is 5.91 Å². The minimum atomic E-state index is -0.541. The minimum absolute atomic E-state index is 0.0831. The zero-order valence-corrected chi connectivity index (χ0v) is 13.2. The number of primary amides is 1. The highest BCUT2D eigenvalue weighted by molar-refractivity contribution is 5.89. The Bertz CT molecular complexity index is 746. The number of benzene rings is 1. The van der Waals surface area contributed by atoms with Crippen LogP contribution in [0.25, 0.3) is 0 Å². The highest BCUT2D eigenvalue weighted by Gasteiger charge is 2.15. The summed E-state index contributed by atoms with van der Waals surface area (Å²) in [4.78, 5) is 22.8. The van der Waals surface area contributed by atoms with Gasteiger partial charge in [-0.3, -0.25) is 9.48 Å². The monoisotopic (exact) mass is 335 g/mol. The molecule has 8 nitrogen and oxygen atoms in total. The van der Waals surface area contributed by atoms with Gasteiger partial charge in [0.25, 0.3) is 0 Å². The van der Waals surface area contributed by atoms with Crippen LogP contribution in [0.1, 0.15) is 18.5 Å². The average molecular weight is 335 g/mol. The molecule has 1 atom stereocenters. The number of nitrogens with one attached hydrogen (secondary N) is 2. The molecule has 0 bridgehead atoms. The van der Waals surface area contributed by atoms with Gasteiger partial charge in [-0.05, 0) is 25.1 Å². The van der Waals surface area contributed by atoms with Crippen molar-refractivity contribution in [1.29, 1.82) is 0 Å². The number of hydrogen-bond donors (Lipinski definition) is 3. The molecule has 1 aromatic carbocycles. The van der Waals surface area contributed by atoms with E-state index in [1.807, 2.05) is 0 Å². The number of aromatic nitrogens is 2. The van der Waals surface area contributed by atoms with Gasteiger partial charge in [0.15, 0.2) is 0 Å². The Morgan fingerprint density at radius 3 is 2.88 bits per heavy atom. The Balaban J connectivity index is 2.00. The van der Waals surface area contributed by atoms with Crippen molar-refractivity contribution in [2.24, 2.45) is 5.73 Å². The number of methoxy groups -OCH3 is 1. The number of urea groups is 1. The lowest BCUT2D eigenvalue weighted by Gasteiger charge is -2.17. The third kappa shape index (κ3) is 4.45. The largest absolute Gasteiger partial charge is 0.496 e. The van der Waals surface area contributed by atoms with Crippen LogP contribution in [0.4, 0.5) is 14.9 Å². The summed E-state index contributed by atoms with van der Waals surface area (Å²) in [5, 5.41) is 9.13. The van der Waals surface area contributed by atoms with E-state index in [9.17, 15) is 14.0 Å². The Labute approximate surface area is 137 Å². The van der Waals surface area contributed by atoms with Gasteiger partial charge in [0.1, 0.15) is 18.1 Å². The van der Waals surface area contributed by atoms with Crippen LogP contribution in [0.2, 0.25) is 0 Å². The average Bonchev–Trinajstić information content (AvgIpc) is 2.93. The van der Waals surface area contributed by atoms with Crippen LogP contribution in [0, 0.1) is 5.82 Å². The molecule has 2 rings (SSSR count). The fourth-order valence-corrected chi connectivity index (χ4v) is 2.16. The highest BCUT2D eigenvalue weighted by Crippen LogP contribution is 2.25. The molecule has 4 N–H and O–H groups in total. The van der Waals surface area contributed by atoms with Crippen molar-refractivity contribution in [3.05, 3.63) is 42.0 Å². The molecular weight excluding hydrogens is 317 g/mol. The standard InChI is InChI=1S/C15H18FN5O3/c1-9(12-5-10(16)3-4-13(12)24-2)19-15(23)20-11-6-18-21(7-11)8-14(17)22/h3-7,9H,8H2,1-2H3,(H2,17,22)(H2,19,20,23)/t9-/m0/s1. The van der Waals surface area contributed by atoms with E-state index < -0.39 is 23.8 Å². The quantitative estimate of drug-likeness (QED) is 0.741. The number of nitrogens with two attached hydrogens (primary N) is 1. The second-order valence-corrected chi connectivity index (χ2v) is 5.10. The number of ether oxygens (including phenoxy) is 1. The number of carbonyl (C=O) groups excluding carboxylic acids is 2. The molecule has 0 aliphatic heterocycles. The Hall–Kier alpha value is -3.10. The summed E-state index contributed by atoms with van der Waals surface area (Å²) in [7, 11) is 1.47. The van der Waals surface area contributed by atoms with E-state index in [0.717, 1.165) is 0 Å². The van der Waals surface area contributed by atoms with Crippen LogP contribution in [0.5, 0.6) is 5.75 Å². The highest BCUT2D eigenvalue weighted by atomic mass is 19.1. The number of rotatable bonds is 6. The van der Waals surface area contributed by atoms with E-state index >= 15 is 0 Å². The molecule has 1 aromatic heterocycles. The lowest BCUT2D eigenvalue weighted by Crippen LogP contribution is -2.31. The number of carbonyl (C=O) groups is 2. The number of anilines is 1. The molecule has 24 heavy (non-hydrogen) atoms. The predicted octanol–water partition coefficient (Wildman–Crippen LogP) is 1.40. The van der Waals surface area contributed by atoms with Gasteiger partial charge in [-0.1, -0.05) is 0 Å². The topological polar surface area (TPSA) is 111 Å². The maximum atomic E-state index is 13.4. The summed E-state index contributed by atoms with van der Waals surface area (Å²) >= 11 is 0. The van der Waals surface area contributed by atoms with E-state index in [-0.39, 0.29) is 6.54 Å². The zero-order chi connectivity index (χ0) is 17.7. The van der Waals surface area contributed by atoms with E-state index in [0.29, 0.717) is 17.0 Å². The van der Waals surface area contributed by atoms with Gasteiger partial charge in [-0.15, -0.1) is 0 Å². The van der Waals surface area contributed by atoms with Crippen molar-refractivity contribution < 1.29 is 18.7 Å². The molecule has 0 radical (unpaired) electrons. The molecule has 1 heterocycles. The van der Waals surface area contributed by atoms with Gasteiger partial charge in [0.05, 0.1) is 25.0 Å². The SMILES string of the molecule is COc1ccc(F)cc1[C@H](C)NC(=O)Nc1cnn(CC(N)=O)c1. The first-order valence-electron chi connectivity index (χ1n) is 7.10. The van der Waals surface area contributed by atoms with E-state index in [2.05, 4.69) is 15.7 Å². The molecule has 0 spiro atoms. The van der Waals surface area contributed by atoms with Gasteiger partial charge in [0, 0.05) is 11.8 Å². The molecule has 0 aliphatic rings. The number of nitrogens with zero attached hydrogens (tertiary/aromatic N) is 2. The molecule has 0 aliphatic carbocycles. The summed E-state index contributed by atoms with van der Waals surface area (Å²) in [5.41, 5.74) is 5.97. The van der Waals surface area contributed by atoms with E-state index in [1.165, 1.54) is 42.4 Å². The number of amides is 3. The lowest BCUT2D eigenvalue weighted by atomic mass is 10.1. The van der Waals surface area contributed by atoms with Crippen LogP contribution >= 0.6 is 0 Å². The molecular formula is C15H18FN5O3. The smallest absolute Gasteiger partial charge is 0.319 e. The fraction of sp³-hybridized carbons (Fsp3) is 0.267. The van der Waals surface area contributed by atoms with Gasteiger partial charge < -0.3 is 21.1 Å². The van der Waals surface area contributed by atoms with Gasteiger partial charge in [-0.2, -0.15) is 5.10 Å². The van der Waals surface area contributed by atoms with Crippen molar-refractivity contribution in [3.8, 4) is 5.75 Å². The Kier molecular flexibility index (Phi) is 5.35. The fourth-order valence-electron chi connectivity index (χ4n) is 2.16. The second kappa shape index (κ2) is 7.44. The molecule has 2 aromatic rings. The van der Waals surface area contributed by atoms with Crippen LogP contribution in [0.3, 0.4) is 0 Å². The third-order valence-corrected chi connectivity index (χ3v) is 3.21. The predicted molar refractivity (Wildman–Crippen MR) is 84.9 cm³/mol. The Morgan fingerprint density at radius 1 is 1.46 bits per heavy atom. The molecule has 0 fully saturated rings. The first kappa shape index (κ1) is 17.3. The van der Waals surface area contributed by atoms with Crippen molar-refractivity contribution >= 4 is 17.6 Å². The van der Waals surface area contributed by atoms with E-state index in [4.69, 9.17) is 10.5 Å². The summed E-state index contributed by atoms with van der Waals surface area (Å²) in [6, 6.07) is 3.08. The first-order valence-corrected chi connectivity index (χ1v) is 7.10. The Morgan fingerprint density at radius 2 is 2.21 bits per heavy atom. The number of hydrogen-bond acceptors (Lipinski definition) is 4. The van der Waals surface area contributed by atoms with Crippen molar-refractivity contribution in [2.45, 2.75) is 19.5 Å². The summed E-state index contributed by atoms with van der Waals surface area (Å²) in [6.07, 6.45) is 2.85. The van der Waals surface area contributed by atoms with E-state index in [1.54, 1.807) is 6.92 Å². The minimum Gasteiger partial charge on any atom is -0.496 e. The molecule has 0 saturated heterocycles. The summed E-state index contributed by atoms with van der Waals surface area (Å²) in [5.74, 6) is -0.494. The van der Waals surface area contributed by atoms with Gasteiger partial charge in [-0.25, -0.2) is 9.18 Å². The number of halogens is 1. The van der Waals surface area contributed by atoms with Crippen LogP contribution < -0.4 is 21.1 Å². The summed E-state index contributed by atoms with van der Waals surface area (Å²) in [6.45, 7) is 1.62.